The summed E-state index contributed by atoms with van der Waals surface area (Å²) in [6, 6.07) is 0. The monoisotopic (exact) mass is 160 g/mol. The number of primary amides is 2. The molecule has 2 amide bonds. The Balaban J connectivity index is 3.70. The number of carbonyl (C=O) groups excluding carboxylic acids is 2. The summed E-state index contributed by atoms with van der Waals surface area (Å²) in [4.78, 5) is 20.7. The Labute approximate surface area is 64.4 Å². The van der Waals surface area contributed by atoms with Crippen LogP contribution in [0.1, 0.15) is 12.8 Å². The van der Waals surface area contributed by atoms with Crippen LogP contribution in [0.4, 0.5) is 0 Å². The third-order valence-electron chi connectivity index (χ3n) is 1.36. The molecule has 0 aliphatic rings. The van der Waals surface area contributed by atoms with Crippen LogP contribution >= 0.6 is 0 Å². The Hall–Kier alpha value is -1.10. The van der Waals surface area contributed by atoms with E-state index < -0.39 is 17.7 Å². The van der Waals surface area contributed by atoms with Gasteiger partial charge in [0.15, 0.2) is 0 Å². The molecule has 0 aliphatic heterocycles. The highest BCUT2D eigenvalue weighted by Crippen LogP contribution is 2.03. The average molecular weight is 160 g/mol. The highest BCUT2D eigenvalue weighted by molar-refractivity contribution is 5.78. The maximum atomic E-state index is 10.5. The van der Waals surface area contributed by atoms with Crippen molar-refractivity contribution in [2.75, 3.05) is 6.61 Å². The van der Waals surface area contributed by atoms with E-state index in [1.807, 2.05) is 0 Å². The average Bonchev–Trinajstić information content (AvgIpc) is 1.87. The Morgan fingerprint density at radius 2 is 1.91 bits per heavy atom. The first kappa shape index (κ1) is 9.90. The molecule has 0 heterocycles. The van der Waals surface area contributed by atoms with Crippen molar-refractivity contribution in [2.45, 2.75) is 12.8 Å². The minimum absolute atomic E-state index is 0.0775. The molecule has 0 aromatic rings. The number of hydrogen-bond donors (Lipinski definition) is 3. The number of hydrogen-bond acceptors (Lipinski definition) is 3. The lowest BCUT2D eigenvalue weighted by atomic mass is 10.0. The van der Waals surface area contributed by atoms with Crippen molar-refractivity contribution < 1.29 is 14.7 Å². The number of nitrogens with two attached hydrogens (primary N) is 2. The molecule has 64 valence electrons. The summed E-state index contributed by atoms with van der Waals surface area (Å²) >= 11 is 0. The predicted octanol–water partition coefficient (Wildman–Crippen LogP) is -1.65. The summed E-state index contributed by atoms with van der Waals surface area (Å²) in [5, 5.41) is 8.56. The third kappa shape index (κ3) is 4.32. The molecular weight excluding hydrogens is 148 g/mol. The van der Waals surface area contributed by atoms with E-state index in [0.717, 1.165) is 0 Å². The van der Waals surface area contributed by atoms with Crippen molar-refractivity contribution in [2.24, 2.45) is 17.4 Å². The van der Waals surface area contributed by atoms with Crippen LogP contribution in [-0.2, 0) is 9.59 Å². The van der Waals surface area contributed by atoms with E-state index in [9.17, 15) is 9.59 Å². The second kappa shape index (κ2) is 4.68. The highest BCUT2D eigenvalue weighted by Gasteiger charge is 2.14. The van der Waals surface area contributed by atoms with E-state index in [4.69, 9.17) is 16.6 Å². The van der Waals surface area contributed by atoms with E-state index in [1.54, 1.807) is 0 Å². The molecule has 5 N–H and O–H groups in total. The van der Waals surface area contributed by atoms with Crippen LogP contribution in [0.3, 0.4) is 0 Å². The second-order valence-corrected chi connectivity index (χ2v) is 2.29. The van der Waals surface area contributed by atoms with Crippen LogP contribution < -0.4 is 11.5 Å². The topological polar surface area (TPSA) is 106 Å². The molecule has 0 spiro atoms. The van der Waals surface area contributed by atoms with Gasteiger partial charge in [-0.05, 0) is 6.42 Å². The van der Waals surface area contributed by atoms with E-state index in [0.29, 0.717) is 0 Å². The SMILES string of the molecule is NC(=O)CCC(CO)C(N)=O. The standard InChI is InChI=1S/C6H12N2O3/c7-5(10)2-1-4(3-9)6(8)11/h4,9H,1-3H2,(H2,7,10)(H2,8,11). The van der Waals surface area contributed by atoms with Crippen LogP contribution in [0.25, 0.3) is 0 Å². The first-order chi connectivity index (χ1) is 5.07. The van der Waals surface area contributed by atoms with Gasteiger partial charge < -0.3 is 16.6 Å². The van der Waals surface area contributed by atoms with Crippen molar-refractivity contribution in [3.8, 4) is 0 Å². The van der Waals surface area contributed by atoms with E-state index in [-0.39, 0.29) is 19.4 Å². The molecule has 0 bridgehead atoms. The summed E-state index contributed by atoms with van der Waals surface area (Å²) in [6.45, 7) is -0.331. The van der Waals surface area contributed by atoms with Crippen molar-refractivity contribution in [1.82, 2.24) is 0 Å². The van der Waals surface area contributed by atoms with Crippen LogP contribution in [0.5, 0.6) is 0 Å². The molecule has 1 atom stereocenters. The van der Waals surface area contributed by atoms with Gasteiger partial charge in [0.25, 0.3) is 0 Å². The Morgan fingerprint density at radius 3 is 2.18 bits per heavy atom. The van der Waals surface area contributed by atoms with Gasteiger partial charge in [0.2, 0.25) is 11.8 Å². The molecule has 11 heavy (non-hydrogen) atoms. The van der Waals surface area contributed by atoms with E-state index in [1.165, 1.54) is 0 Å². The largest absolute Gasteiger partial charge is 0.396 e. The number of amides is 2. The molecule has 0 saturated heterocycles. The van der Waals surface area contributed by atoms with E-state index >= 15 is 0 Å². The maximum Gasteiger partial charge on any atom is 0.222 e. The van der Waals surface area contributed by atoms with Crippen molar-refractivity contribution in [3.63, 3.8) is 0 Å². The molecule has 0 rings (SSSR count). The van der Waals surface area contributed by atoms with Crippen molar-refractivity contribution in [1.29, 1.82) is 0 Å². The Bertz CT molecular complexity index is 158. The number of aliphatic hydroxyl groups is 1. The number of rotatable bonds is 5. The first-order valence-corrected chi connectivity index (χ1v) is 3.26. The van der Waals surface area contributed by atoms with Gasteiger partial charge >= 0.3 is 0 Å². The van der Waals surface area contributed by atoms with Crippen molar-refractivity contribution in [3.05, 3.63) is 0 Å². The Morgan fingerprint density at radius 1 is 1.36 bits per heavy atom. The summed E-state index contributed by atoms with van der Waals surface area (Å²) in [7, 11) is 0. The highest BCUT2D eigenvalue weighted by atomic mass is 16.3. The molecule has 0 saturated carbocycles. The summed E-state index contributed by atoms with van der Waals surface area (Å²) < 4.78 is 0. The molecule has 0 radical (unpaired) electrons. The fourth-order valence-corrected chi connectivity index (χ4v) is 0.640. The fourth-order valence-electron chi connectivity index (χ4n) is 0.640. The van der Waals surface area contributed by atoms with Gasteiger partial charge in [-0.2, -0.15) is 0 Å². The van der Waals surface area contributed by atoms with Crippen molar-refractivity contribution >= 4 is 11.8 Å². The van der Waals surface area contributed by atoms with Gasteiger partial charge in [0, 0.05) is 6.42 Å². The quantitative estimate of drug-likeness (QED) is 0.448. The first-order valence-electron chi connectivity index (χ1n) is 3.26. The van der Waals surface area contributed by atoms with Crippen LogP contribution in [0.2, 0.25) is 0 Å². The molecule has 0 aromatic carbocycles. The molecule has 0 aromatic heterocycles. The molecule has 1 unspecified atom stereocenters. The minimum Gasteiger partial charge on any atom is -0.396 e. The minimum atomic E-state index is -0.650. The maximum absolute atomic E-state index is 10.5. The normalized spacial score (nSPS) is 12.5. The van der Waals surface area contributed by atoms with Gasteiger partial charge in [-0.25, -0.2) is 0 Å². The summed E-state index contributed by atoms with van der Waals surface area (Å²) in [5.74, 6) is -1.75. The van der Waals surface area contributed by atoms with Crippen LogP contribution in [0, 0.1) is 5.92 Å². The third-order valence-corrected chi connectivity index (χ3v) is 1.36. The summed E-state index contributed by atoms with van der Waals surface area (Å²) in [6.07, 6.45) is 0.301. The zero-order chi connectivity index (χ0) is 8.85. The molecule has 0 fully saturated rings. The molecule has 5 nitrogen and oxygen atoms in total. The van der Waals surface area contributed by atoms with E-state index in [2.05, 4.69) is 0 Å². The molecule has 0 aliphatic carbocycles. The smallest absolute Gasteiger partial charge is 0.222 e. The zero-order valence-corrected chi connectivity index (χ0v) is 6.12. The Kier molecular flexibility index (Phi) is 4.21. The summed E-state index contributed by atoms with van der Waals surface area (Å²) in [5.41, 5.74) is 9.71. The van der Waals surface area contributed by atoms with Gasteiger partial charge in [0.1, 0.15) is 0 Å². The second-order valence-electron chi connectivity index (χ2n) is 2.29. The number of aliphatic hydroxyl groups excluding tert-OH is 1. The van der Waals surface area contributed by atoms with Gasteiger partial charge in [-0.3, -0.25) is 9.59 Å². The lowest BCUT2D eigenvalue weighted by Gasteiger charge is -2.06. The number of carbonyl (C=O) groups is 2. The zero-order valence-electron chi connectivity index (χ0n) is 6.12. The molecular formula is C6H12N2O3. The van der Waals surface area contributed by atoms with Gasteiger partial charge in [-0.15, -0.1) is 0 Å². The molecule has 5 heteroatoms. The fraction of sp³-hybridized carbons (Fsp3) is 0.667. The van der Waals surface area contributed by atoms with Gasteiger partial charge in [-0.1, -0.05) is 0 Å². The lowest BCUT2D eigenvalue weighted by molar-refractivity contribution is -0.123. The van der Waals surface area contributed by atoms with Crippen LogP contribution in [-0.4, -0.2) is 23.5 Å². The predicted molar refractivity (Wildman–Crippen MR) is 38.2 cm³/mol. The lowest BCUT2D eigenvalue weighted by Crippen LogP contribution is -2.27. The van der Waals surface area contributed by atoms with Gasteiger partial charge in [0.05, 0.1) is 12.5 Å². The van der Waals surface area contributed by atoms with Crippen LogP contribution in [0.15, 0.2) is 0 Å².